The molecule has 1 saturated carbocycles. The highest BCUT2D eigenvalue weighted by Crippen LogP contribution is 2.30. The molecule has 2 aromatic rings. The van der Waals surface area contributed by atoms with Gasteiger partial charge in [0, 0.05) is 30.3 Å². The molecule has 8 heteroatoms. The van der Waals surface area contributed by atoms with Crippen molar-refractivity contribution in [1.29, 1.82) is 0 Å². The molecule has 4 rings (SSSR count). The summed E-state index contributed by atoms with van der Waals surface area (Å²) in [5, 5.41) is 3.28. The van der Waals surface area contributed by atoms with Crippen molar-refractivity contribution >= 4 is 23.5 Å². The Hall–Kier alpha value is -3.03. The third kappa shape index (κ3) is 4.84. The number of aromatic nitrogens is 2. The molecule has 1 N–H and O–H groups in total. The summed E-state index contributed by atoms with van der Waals surface area (Å²) in [6, 6.07) is 7.39. The Labute approximate surface area is 181 Å². The lowest BCUT2D eigenvalue weighted by Gasteiger charge is -2.28. The largest absolute Gasteiger partial charge is 0.469 e. The van der Waals surface area contributed by atoms with Gasteiger partial charge in [-0.05, 0) is 50.7 Å². The van der Waals surface area contributed by atoms with Crippen LogP contribution in [0.25, 0.3) is 11.3 Å². The van der Waals surface area contributed by atoms with Crippen molar-refractivity contribution in [3.8, 4) is 11.3 Å². The average Bonchev–Trinajstić information content (AvgIpc) is 2.80. The highest BCUT2D eigenvalue weighted by molar-refractivity contribution is 5.94. The summed E-state index contributed by atoms with van der Waals surface area (Å²) >= 11 is 0. The highest BCUT2D eigenvalue weighted by atomic mass is 19.1. The lowest BCUT2D eigenvalue weighted by atomic mass is 9.86. The number of piperidine rings is 1. The molecule has 7 nitrogen and oxygen atoms in total. The average molecular weight is 426 g/mol. The van der Waals surface area contributed by atoms with E-state index >= 15 is 0 Å². The number of halogens is 1. The zero-order valence-electron chi connectivity index (χ0n) is 17.6. The second kappa shape index (κ2) is 9.41. The number of nitrogens with zero attached hydrogens (tertiary/aromatic N) is 3. The molecule has 1 amide bonds. The quantitative estimate of drug-likeness (QED) is 0.729. The van der Waals surface area contributed by atoms with Crippen molar-refractivity contribution in [2.75, 3.05) is 23.9 Å². The van der Waals surface area contributed by atoms with Gasteiger partial charge in [0.05, 0.1) is 19.2 Å². The molecular weight excluding hydrogens is 399 g/mol. The van der Waals surface area contributed by atoms with E-state index in [9.17, 15) is 14.0 Å². The van der Waals surface area contributed by atoms with Gasteiger partial charge in [0.2, 0.25) is 11.9 Å². The number of carbonyl (C=O) groups excluding carboxylic acids is 2. The van der Waals surface area contributed by atoms with Crippen LogP contribution in [0.1, 0.15) is 44.9 Å². The number of hydrogen-bond donors (Lipinski definition) is 1. The van der Waals surface area contributed by atoms with E-state index in [0.29, 0.717) is 24.5 Å². The van der Waals surface area contributed by atoms with Gasteiger partial charge in [-0.3, -0.25) is 9.59 Å². The number of amides is 1. The molecule has 1 aromatic carbocycles. The topological polar surface area (TPSA) is 84.4 Å². The molecule has 2 fully saturated rings. The van der Waals surface area contributed by atoms with E-state index < -0.39 is 5.82 Å². The Kier molecular flexibility index (Phi) is 6.44. The van der Waals surface area contributed by atoms with E-state index in [2.05, 4.69) is 15.3 Å². The van der Waals surface area contributed by atoms with Crippen molar-refractivity contribution in [3.63, 3.8) is 0 Å². The van der Waals surface area contributed by atoms with Crippen molar-refractivity contribution in [2.24, 2.45) is 5.92 Å². The highest BCUT2D eigenvalue weighted by Gasteiger charge is 2.27. The molecule has 1 aliphatic carbocycles. The fraction of sp³-hybridized carbons (Fsp3) is 0.478. The van der Waals surface area contributed by atoms with Gasteiger partial charge in [-0.1, -0.05) is 12.1 Å². The van der Waals surface area contributed by atoms with Crippen molar-refractivity contribution in [2.45, 2.75) is 51.0 Å². The first-order valence-corrected chi connectivity index (χ1v) is 10.8. The number of nitrogens with one attached hydrogen (secondary N) is 1. The number of rotatable bonds is 5. The van der Waals surface area contributed by atoms with Gasteiger partial charge in [-0.25, -0.2) is 14.4 Å². The third-order valence-electron chi connectivity index (χ3n) is 6.09. The molecule has 0 radical (unpaired) electrons. The summed E-state index contributed by atoms with van der Waals surface area (Å²) in [5.41, 5.74) is 1.57. The van der Waals surface area contributed by atoms with Crippen molar-refractivity contribution < 1.29 is 18.7 Å². The van der Waals surface area contributed by atoms with Crippen LogP contribution in [-0.2, 0) is 14.3 Å². The number of ether oxygens (including phenoxy) is 1. The predicted octanol–water partition coefficient (Wildman–Crippen LogP) is 3.94. The minimum Gasteiger partial charge on any atom is -0.469 e. The Balaban J connectivity index is 1.49. The first kappa shape index (κ1) is 21.2. The predicted molar refractivity (Wildman–Crippen MR) is 115 cm³/mol. The standard InChI is InChI=1S/C23H27FN4O3/c1-31-22(30)15-8-10-17(11-9-15)26-23-25-14-19(24)21(27-23)16-5-4-6-18(13-16)28-12-3-2-7-20(28)29/h4-6,13-15,17H,2-3,7-12H2,1H3,(H,25,26,27). The second-order valence-electron chi connectivity index (χ2n) is 8.16. The van der Waals surface area contributed by atoms with E-state index in [0.717, 1.165) is 44.2 Å². The molecule has 164 valence electrons. The van der Waals surface area contributed by atoms with Gasteiger partial charge in [-0.15, -0.1) is 0 Å². The summed E-state index contributed by atoms with van der Waals surface area (Å²) in [7, 11) is 1.41. The number of methoxy groups -OCH3 is 1. The molecule has 0 spiro atoms. The SMILES string of the molecule is COC(=O)C1CCC(Nc2ncc(F)c(-c3cccc(N4CCCCC4=O)c3)n2)CC1. The molecule has 0 unspecified atom stereocenters. The lowest BCUT2D eigenvalue weighted by Crippen LogP contribution is -2.35. The van der Waals surface area contributed by atoms with E-state index in [1.807, 2.05) is 12.1 Å². The van der Waals surface area contributed by atoms with Crippen LogP contribution in [0.15, 0.2) is 30.5 Å². The van der Waals surface area contributed by atoms with Crippen LogP contribution in [0.2, 0.25) is 0 Å². The van der Waals surface area contributed by atoms with Crippen LogP contribution in [0.5, 0.6) is 0 Å². The number of esters is 1. The Morgan fingerprint density at radius 1 is 1.23 bits per heavy atom. The second-order valence-corrected chi connectivity index (χ2v) is 8.16. The normalized spacial score (nSPS) is 21.6. The molecule has 0 atom stereocenters. The summed E-state index contributed by atoms with van der Waals surface area (Å²) < 4.78 is 19.4. The minimum atomic E-state index is -0.512. The Bertz CT molecular complexity index is 960. The van der Waals surface area contributed by atoms with Gasteiger partial charge in [0.1, 0.15) is 5.69 Å². The first-order chi connectivity index (χ1) is 15.0. The monoisotopic (exact) mass is 426 g/mol. The van der Waals surface area contributed by atoms with Crippen molar-refractivity contribution in [1.82, 2.24) is 9.97 Å². The molecule has 1 aliphatic heterocycles. The summed E-state index contributed by atoms with van der Waals surface area (Å²) in [5.74, 6) is -0.283. The molecular formula is C23H27FN4O3. The van der Waals surface area contributed by atoms with Crippen molar-refractivity contribution in [3.05, 3.63) is 36.3 Å². The minimum absolute atomic E-state index is 0.0621. The Morgan fingerprint density at radius 3 is 2.77 bits per heavy atom. The first-order valence-electron chi connectivity index (χ1n) is 10.8. The number of anilines is 2. The molecule has 2 heterocycles. The van der Waals surface area contributed by atoms with Crippen LogP contribution < -0.4 is 10.2 Å². The van der Waals surface area contributed by atoms with Crippen LogP contribution >= 0.6 is 0 Å². The van der Waals surface area contributed by atoms with Gasteiger partial charge < -0.3 is 15.0 Å². The van der Waals surface area contributed by atoms with E-state index in [-0.39, 0.29) is 29.5 Å². The molecule has 31 heavy (non-hydrogen) atoms. The summed E-state index contributed by atoms with van der Waals surface area (Å²) in [6.45, 7) is 0.676. The number of hydrogen-bond acceptors (Lipinski definition) is 6. The van der Waals surface area contributed by atoms with Gasteiger partial charge in [0.25, 0.3) is 0 Å². The van der Waals surface area contributed by atoms with Gasteiger partial charge in [-0.2, -0.15) is 0 Å². The maximum Gasteiger partial charge on any atom is 0.308 e. The van der Waals surface area contributed by atoms with Gasteiger partial charge in [0.15, 0.2) is 5.82 Å². The number of carbonyl (C=O) groups is 2. The van der Waals surface area contributed by atoms with E-state index in [4.69, 9.17) is 4.74 Å². The maximum atomic E-state index is 14.6. The molecule has 1 aromatic heterocycles. The molecule has 1 saturated heterocycles. The molecule has 2 aliphatic rings. The van der Waals surface area contributed by atoms with Gasteiger partial charge >= 0.3 is 5.97 Å². The summed E-state index contributed by atoms with van der Waals surface area (Å²) in [6.07, 6.45) is 6.65. The van der Waals surface area contributed by atoms with E-state index in [1.54, 1.807) is 17.0 Å². The smallest absolute Gasteiger partial charge is 0.308 e. The fourth-order valence-electron chi connectivity index (χ4n) is 4.36. The maximum absolute atomic E-state index is 14.6. The Morgan fingerprint density at radius 2 is 2.03 bits per heavy atom. The molecule has 0 bridgehead atoms. The van der Waals surface area contributed by atoms with Crippen LogP contribution in [-0.4, -0.2) is 41.5 Å². The number of benzene rings is 1. The summed E-state index contributed by atoms with van der Waals surface area (Å²) in [4.78, 5) is 34.2. The fourth-order valence-corrected chi connectivity index (χ4v) is 4.36. The lowest BCUT2D eigenvalue weighted by molar-refractivity contribution is -0.146. The zero-order valence-corrected chi connectivity index (χ0v) is 17.6. The third-order valence-corrected chi connectivity index (χ3v) is 6.09. The van der Waals surface area contributed by atoms with Crippen LogP contribution in [0, 0.1) is 11.7 Å². The van der Waals surface area contributed by atoms with E-state index in [1.165, 1.54) is 13.3 Å². The van der Waals surface area contributed by atoms with Crippen LogP contribution in [0.4, 0.5) is 16.0 Å². The zero-order chi connectivity index (χ0) is 21.8. The van der Waals surface area contributed by atoms with Crippen LogP contribution in [0.3, 0.4) is 0 Å².